The van der Waals surface area contributed by atoms with Gasteiger partial charge in [0.05, 0.1) is 12.0 Å². The lowest BCUT2D eigenvalue weighted by molar-refractivity contribution is -0.121. The van der Waals surface area contributed by atoms with Gasteiger partial charge in [-0.3, -0.25) is 10.2 Å². The number of nitrogens with zero attached hydrogens (tertiary/aromatic N) is 1. The van der Waals surface area contributed by atoms with Crippen LogP contribution in [0.4, 0.5) is 10.5 Å². The second-order valence-electron chi connectivity index (χ2n) is 6.89. The van der Waals surface area contributed by atoms with E-state index in [0.717, 1.165) is 16.7 Å². The first kappa shape index (κ1) is 17.8. The van der Waals surface area contributed by atoms with Crippen LogP contribution >= 0.6 is 0 Å². The predicted molar refractivity (Wildman–Crippen MR) is 109 cm³/mol. The highest BCUT2D eigenvalue weighted by Gasteiger charge is 2.45. The second-order valence-corrected chi connectivity index (χ2v) is 6.89. The van der Waals surface area contributed by atoms with E-state index in [1.54, 1.807) is 0 Å². The Balaban J connectivity index is 1.68. The molecule has 0 spiro atoms. The Hall–Kier alpha value is -3.60. The van der Waals surface area contributed by atoms with Crippen molar-refractivity contribution in [1.82, 2.24) is 10.4 Å². The third-order valence-electron chi connectivity index (χ3n) is 4.93. The third-order valence-corrected chi connectivity index (χ3v) is 4.93. The summed E-state index contributed by atoms with van der Waals surface area (Å²) >= 11 is 0. The number of hydrogen-bond acceptors (Lipinski definition) is 2. The van der Waals surface area contributed by atoms with Gasteiger partial charge in [0, 0.05) is 5.69 Å². The van der Waals surface area contributed by atoms with Crippen molar-refractivity contribution in [3.8, 4) is 0 Å². The number of benzene rings is 3. The minimum atomic E-state index is -0.479. The summed E-state index contributed by atoms with van der Waals surface area (Å²) in [5.74, 6) is -0.675. The molecule has 5 heteroatoms. The van der Waals surface area contributed by atoms with Gasteiger partial charge in [-0.25, -0.2) is 9.80 Å². The molecule has 28 heavy (non-hydrogen) atoms. The van der Waals surface area contributed by atoms with E-state index in [0.29, 0.717) is 5.69 Å². The van der Waals surface area contributed by atoms with Crippen LogP contribution in [0, 0.1) is 6.92 Å². The molecule has 1 fully saturated rings. The van der Waals surface area contributed by atoms with Crippen molar-refractivity contribution in [3.63, 3.8) is 0 Å². The summed E-state index contributed by atoms with van der Waals surface area (Å²) in [7, 11) is 0. The molecule has 1 aliphatic heterocycles. The van der Waals surface area contributed by atoms with Crippen LogP contribution < -0.4 is 10.7 Å². The Bertz CT molecular complexity index is 972. The number of carbonyl (C=O) groups is 2. The van der Waals surface area contributed by atoms with Crippen LogP contribution in [-0.2, 0) is 4.79 Å². The van der Waals surface area contributed by atoms with Crippen molar-refractivity contribution in [1.29, 1.82) is 0 Å². The van der Waals surface area contributed by atoms with Crippen LogP contribution in [0.5, 0.6) is 0 Å². The first-order valence-corrected chi connectivity index (χ1v) is 9.21. The summed E-state index contributed by atoms with van der Waals surface area (Å²) in [6, 6.07) is 25.9. The molecule has 2 unspecified atom stereocenters. The van der Waals surface area contributed by atoms with Gasteiger partial charge in [0.1, 0.15) is 0 Å². The van der Waals surface area contributed by atoms with Crippen LogP contribution in [0.1, 0.15) is 28.7 Å². The van der Waals surface area contributed by atoms with Crippen LogP contribution in [0.3, 0.4) is 0 Å². The number of rotatable bonds is 3. The molecule has 3 amide bonds. The highest BCUT2D eigenvalue weighted by Crippen LogP contribution is 2.39. The van der Waals surface area contributed by atoms with E-state index in [1.807, 2.05) is 91.9 Å². The summed E-state index contributed by atoms with van der Waals surface area (Å²) in [5, 5.41) is 4.27. The Morgan fingerprint density at radius 3 is 2.04 bits per heavy atom. The fraction of sp³-hybridized carbons (Fsp3) is 0.130. The molecule has 0 aromatic heterocycles. The molecule has 0 bridgehead atoms. The maximum atomic E-state index is 13.0. The number of nitrogens with one attached hydrogen (secondary N) is 2. The molecule has 1 heterocycles. The van der Waals surface area contributed by atoms with Gasteiger partial charge in [0.2, 0.25) is 5.91 Å². The van der Waals surface area contributed by atoms with Crippen LogP contribution in [0.2, 0.25) is 0 Å². The van der Waals surface area contributed by atoms with Crippen molar-refractivity contribution in [2.24, 2.45) is 0 Å². The first-order valence-electron chi connectivity index (χ1n) is 9.21. The second kappa shape index (κ2) is 7.56. The van der Waals surface area contributed by atoms with E-state index in [-0.39, 0.29) is 11.9 Å². The standard InChI is InChI=1S/C23H21N3O2/c1-16-12-14-19(15-13-16)24-23(28)26-21(18-10-6-3-7-11-18)20(22(27)25-26)17-8-4-2-5-9-17/h2-15,20-21H,1H3,(H,24,28)(H,25,27). The molecule has 0 saturated carbocycles. The fourth-order valence-electron chi connectivity index (χ4n) is 3.53. The predicted octanol–water partition coefficient (Wildman–Crippen LogP) is 4.40. The Morgan fingerprint density at radius 1 is 0.857 bits per heavy atom. The van der Waals surface area contributed by atoms with E-state index < -0.39 is 12.0 Å². The van der Waals surface area contributed by atoms with Crippen LogP contribution in [0.15, 0.2) is 84.9 Å². The molecule has 1 aliphatic rings. The van der Waals surface area contributed by atoms with Gasteiger partial charge in [-0.15, -0.1) is 0 Å². The van der Waals surface area contributed by atoms with E-state index in [9.17, 15) is 9.59 Å². The van der Waals surface area contributed by atoms with E-state index in [4.69, 9.17) is 0 Å². The molecular weight excluding hydrogens is 350 g/mol. The van der Waals surface area contributed by atoms with Crippen LogP contribution in [-0.4, -0.2) is 16.9 Å². The highest BCUT2D eigenvalue weighted by molar-refractivity contribution is 5.96. The van der Waals surface area contributed by atoms with E-state index in [2.05, 4.69) is 10.7 Å². The SMILES string of the molecule is Cc1ccc(NC(=O)N2NC(=O)C(c3ccccc3)C2c2ccccc2)cc1. The molecule has 2 atom stereocenters. The maximum absolute atomic E-state index is 13.0. The number of anilines is 1. The molecule has 3 aromatic carbocycles. The molecule has 0 aliphatic carbocycles. The highest BCUT2D eigenvalue weighted by atomic mass is 16.2. The number of amides is 3. The molecule has 0 radical (unpaired) electrons. The fourth-order valence-corrected chi connectivity index (χ4v) is 3.53. The summed E-state index contributed by atoms with van der Waals surface area (Å²) in [6.07, 6.45) is 0. The monoisotopic (exact) mass is 371 g/mol. The molecular formula is C23H21N3O2. The normalized spacial score (nSPS) is 18.6. The lowest BCUT2D eigenvalue weighted by atomic mass is 9.87. The Morgan fingerprint density at radius 2 is 1.43 bits per heavy atom. The minimum Gasteiger partial charge on any atom is -0.306 e. The van der Waals surface area contributed by atoms with E-state index in [1.165, 1.54) is 5.01 Å². The van der Waals surface area contributed by atoms with Crippen molar-refractivity contribution in [2.45, 2.75) is 18.9 Å². The van der Waals surface area contributed by atoms with E-state index >= 15 is 0 Å². The van der Waals surface area contributed by atoms with Gasteiger partial charge >= 0.3 is 6.03 Å². The zero-order valence-corrected chi connectivity index (χ0v) is 15.5. The maximum Gasteiger partial charge on any atom is 0.341 e. The molecule has 4 rings (SSSR count). The number of urea groups is 1. The van der Waals surface area contributed by atoms with Gasteiger partial charge in [-0.1, -0.05) is 78.4 Å². The topological polar surface area (TPSA) is 61.4 Å². The summed E-state index contributed by atoms with van der Waals surface area (Å²) in [5.41, 5.74) is 6.33. The van der Waals surface area contributed by atoms with Gasteiger partial charge in [0.25, 0.3) is 0 Å². The van der Waals surface area contributed by atoms with Crippen molar-refractivity contribution < 1.29 is 9.59 Å². The smallest absolute Gasteiger partial charge is 0.306 e. The summed E-state index contributed by atoms with van der Waals surface area (Å²) in [6.45, 7) is 1.99. The lowest BCUT2D eigenvalue weighted by Gasteiger charge is -2.26. The Labute approximate surface area is 164 Å². The molecule has 1 saturated heterocycles. The van der Waals surface area contributed by atoms with Gasteiger partial charge in [-0.2, -0.15) is 0 Å². The molecule has 5 nitrogen and oxygen atoms in total. The third kappa shape index (κ3) is 3.47. The minimum absolute atomic E-state index is 0.195. The molecule has 140 valence electrons. The molecule has 3 aromatic rings. The van der Waals surface area contributed by atoms with Gasteiger partial charge in [-0.05, 0) is 30.2 Å². The first-order chi connectivity index (χ1) is 13.6. The molecule has 2 N–H and O–H groups in total. The zero-order valence-electron chi connectivity index (χ0n) is 15.5. The van der Waals surface area contributed by atoms with Crippen molar-refractivity contribution in [3.05, 3.63) is 102 Å². The Kier molecular flexibility index (Phi) is 4.81. The van der Waals surface area contributed by atoms with Crippen LogP contribution in [0.25, 0.3) is 0 Å². The average molecular weight is 371 g/mol. The average Bonchev–Trinajstić information content (AvgIpc) is 3.08. The largest absolute Gasteiger partial charge is 0.341 e. The van der Waals surface area contributed by atoms with Gasteiger partial charge in [0.15, 0.2) is 0 Å². The van der Waals surface area contributed by atoms with Crippen molar-refractivity contribution in [2.75, 3.05) is 5.32 Å². The number of hydrazine groups is 1. The quantitative estimate of drug-likeness (QED) is 0.717. The number of hydrogen-bond donors (Lipinski definition) is 2. The number of carbonyl (C=O) groups excluding carboxylic acids is 2. The number of aryl methyl sites for hydroxylation is 1. The zero-order chi connectivity index (χ0) is 19.5. The lowest BCUT2D eigenvalue weighted by Crippen LogP contribution is -2.42. The summed E-state index contributed by atoms with van der Waals surface area (Å²) < 4.78 is 0. The van der Waals surface area contributed by atoms with Gasteiger partial charge < -0.3 is 5.32 Å². The summed E-state index contributed by atoms with van der Waals surface area (Å²) in [4.78, 5) is 25.8. The van der Waals surface area contributed by atoms with Crippen molar-refractivity contribution >= 4 is 17.6 Å².